The molecule has 1 fully saturated rings. The molecule has 0 saturated heterocycles. The molecule has 84 valence electrons. The van der Waals surface area contributed by atoms with Gasteiger partial charge >= 0.3 is 0 Å². The number of hydrogen-bond donors (Lipinski definition) is 1. The van der Waals surface area contributed by atoms with E-state index in [1.165, 1.54) is 44.2 Å². The highest BCUT2D eigenvalue weighted by atomic mass is 15.3. The molecule has 0 amide bonds. The Kier molecular flexibility index (Phi) is 3.29. The molecular weight excluding hydrogens is 186 g/mol. The van der Waals surface area contributed by atoms with Crippen molar-refractivity contribution in [3.05, 3.63) is 11.8 Å². The van der Waals surface area contributed by atoms with Crippen LogP contribution in [0, 0.1) is 6.92 Å². The first-order chi connectivity index (χ1) is 7.25. The number of anilines is 1. The molecular formula is C12H21N3. The summed E-state index contributed by atoms with van der Waals surface area (Å²) < 4.78 is 1.93. The van der Waals surface area contributed by atoms with E-state index in [4.69, 9.17) is 0 Å². The summed E-state index contributed by atoms with van der Waals surface area (Å²) in [4.78, 5) is 0. The van der Waals surface area contributed by atoms with Crippen LogP contribution >= 0.6 is 0 Å². The van der Waals surface area contributed by atoms with Crippen LogP contribution in [-0.4, -0.2) is 15.8 Å². The average Bonchev–Trinajstić information content (AvgIpc) is 2.45. The Morgan fingerprint density at radius 1 is 1.27 bits per heavy atom. The first-order valence-electron chi connectivity index (χ1n) is 6.03. The van der Waals surface area contributed by atoms with Crippen molar-refractivity contribution in [1.29, 1.82) is 0 Å². The second-order valence-electron chi connectivity index (χ2n) is 4.63. The Morgan fingerprint density at radius 3 is 2.47 bits per heavy atom. The summed E-state index contributed by atoms with van der Waals surface area (Å²) in [6.45, 7) is 2.09. The Bertz CT molecular complexity index is 289. The highest BCUT2D eigenvalue weighted by Crippen LogP contribution is 2.20. The first-order valence-corrected chi connectivity index (χ1v) is 6.03. The summed E-state index contributed by atoms with van der Waals surface area (Å²) in [5.41, 5.74) is 1.21. The summed E-state index contributed by atoms with van der Waals surface area (Å²) in [6, 6.07) is 2.77. The Morgan fingerprint density at radius 2 is 1.93 bits per heavy atom. The average molecular weight is 207 g/mol. The zero-order chi connectivity index (χ0) is 10.7. The molecule has 15 heavy (non-hydrogen) atoms. The Hall–Kier alpha value is -0.990. The third-order valence-electron chi connectivity index (χ3n) is 3.32. The maximum Gasteiger partial charge on any atom is 0.148 e. The lowest BCUT2D eigenvalue weighted by Crippen LogP contribution is -2.18. The number of rotatable bonds is 2. The van der Waals surface area contributed by atoms with Gasteiger partial charge in [-0.2, -0.15) is 5.10 Å². The fraction of sp³-hybridized carbons (Fsp3) is 0.750. The van der Waals surface area contributed by atoms with Gasteiger partial charge in [0.05, 0.1) is 0 Å². The van der Waals surface area contributed by atoms with Crippen LogP contribution in [0.25, 0.3) is 0 Å². The van der Waals surface area contributed by atoms with Gasteiger partial charge in [-0.15, -0.1) is 0 Å². The minimum Gasteiger partial charge on any atom is -0.366 e. The van der Waals surface area contributed by atoms with Crippen LogP contribution in [0.5, 0.6) is 0 Å². The summed E-state index contributed by atoms with van der Waals surface area (Å²) in [6.07, 6.45) is 8.14. The predicted octanol–water partition coefficient (Wildman–Crippen LogP) is 2.86. The molecule has 0 radical (unpaired) electrons. The van der Waals surface area contributed by atoms with Crippen LogP contribution in [0.2, 0.25) is 0 Å². The van der Waals surface area contributed by atoms with Crippen molar-refractivity contribution in [2.75, 3.05) is 5.32 Å². The van der Waals surface area contributed by atoms with Gasteiger partial charge in [0.2, 0.25) is 0 Å². The van der Waals surface area contributed by atoms with Crippen molar-refractivity contribution in [3.8, 4) is 0 Å². The van der Waals surface area contributed by atoms with Gasteiger partial charge in [-0.05, 0) is 19.8 Å². The van der Waals surface area contributed by atoms with Gasteiger partial charge in [0.1, 0.15) is 5.82 Å². The molecule has 1 aromatic rings. The minimum absolute atomic E-state index is 0.641. The van der Waals surface area contributed by atoms with Crippen LogP contribution < -0.4 is 5.32 Å². The quantitative estimate of drug-likeness (QED) is 0.756. The SMILES string of the molecule is Cc1cc(NC2CCCCCC2)nn1C. The zero-order valence-corrected chi connectivity index (χ0v) is 9.79. The molecule has 1 aliphatic rings. The monoisotopic (exact) mass is 207 g/mol. The Balaban J connectivity index is 1.95. The number of aryl methyl sites for hydroxylation is 2. The molecule has 3 heteroatoms. The van der Waals surface area contributed by atoms with E-state index in [0.29, 0.717) is 6.04 Å². The summed E-state index contributed by atoms with van der Waals surface area (Å²) in [5.74, 6) is 1.04. The molecule has 1 aliphatic carbocycles. The number of nitrogens with one attached hydrogen (secondary N) is 1. The van der Waals surface area contributed by atoms with Crippen LogP contribution in [0.3, 0.4) is 0 Å². The summed E-state index contributed by atoms with van der Waals surface area (Å²) >= 11 is 0. The van der Waals surface area contributed by atoms with E-state index in [-0.39, 0.29) is 0 Å². The van der Waals surface area contributed by atoms with Crippen molar-refractivity contribution >= 4 is 5.82 Å². The van der Waals surface area contributed by atoms with Gasteiger partial charge in [-0.1, -0.05) is 25.7 Å². The van der Waals surface area contributed by atoms with Gasteiger partial charge in [-0.25, -0.2) is 0 Å². The fourth-order valence-corrected chi connectivity index (χ4v) is 2.26. The highest BCUT2D eigenvalue weighted by molar-refractivity contribution is 5.36. The second-order valence-corrected chi connectivity index (χ2v) is 4.63. The number of hydrogen-bond acceptors (Lipinski definition) is 2. The number of nitrogens with zero attached hydrogens (tertiary/aromatic N) is 2. The molecule has 0 atom stereocenters. The van der Waals surface area contributed by atoms with Gasteiger partial charge < -0.3 is 5.32 Å². The maximum absolute atomic E-state index is 4.44. The third-order valence-corrected chi connectivity index (χ3v) is 3.32. The largest absolute Gasteiger partial charge is 0.366 e. The van der Waals surface area contributed by atoms with E-state index >= 15 is 0 Å². The van der Waals surface area contributed by atoms with E-state index in [1.54, 1.807) is 0 Å². The third kappa shape index (κ3) is 2.74. The summed E-state index contributed by atoms with van der Waals surface area (Å²) in [5, 5.41) is 7.99. The van der Waals surface area contributed by atoms with E-state index in [1.807, 2.05) is 11.7 Å². The van der Waals surface area contributed by atoms with Crippen molar-refractivity contribution in [1.82, 2.24) is 9.78 Å². The number of aromatic nitrogens is 2. The molecule has 0 aliphatic heterocycles. The van der Waals surface area contributed by atoms with Gasteiger partial charge in [0, 0.05) is 24.8 Å². The molecule has 1 heterocycles. The summed E-state index contributed by atoms with van der Waals surface area (Å²) in [7, 11) is 1.99. The lowest BCUT2D eigenvalue weighted by Gasteiger charge is -2.15. The van der Waals surface area contributed by atoms with Crippen molar-refractivity contribution in [2.24, 2.45) is 7.05 Å². The van der Waals surface area contributed by atoms with Gasteiger partial charge in [-0.3, -0.25) is 4.68 Å². The zero-order valence-electron chi connectivity index (χ0n) is 9.79. The van der Waals surface area contributed by atoms with E-state index < -0.39 is 0 Å². The molecule has 0 unspecified atom stereocenters. The Labute approximate surface area is 91.9 Å². The topological polar surface area (TPSA) is 29.9 Å². The van der Waals surface area contributed by atoms with Crippen molar-refractivity contribution in [2.45, 2.75) is 51.5 Å². The van der Waals surface area contributed by atoms with Crippen LogP contribution in [0.1, 0.15) is 44.2 Å². The lowest BCUT2D eigenvalue weighted by molar-refractivity contribution is 0.614. The normalized spacial score (nSPS) is 18.8. The lowest BCUT2D eigenvalue weighted by atomic mass is 10.1. The molecule has 0 bridgehead atoms. The van der Waals surface area contributed by atoms with Crippen LogP contribution in [-0.2, 0) is 7.05 Å². The molecule has 2 rings (SSSR count). The van der Waals surface area contributed by atoms with Gasteiger partial charge in [0.25, 0.3) is 0 Å². The van der Waals surface area contributed by atoms with Gasteiger partial charge in [0.15, 0.2) is 0 Å². The first kappa shape index (κ1) is 10.5. The predicted molar refractivity (Wildman–Crippen MR) is 63.1 cm³/mol. The standard InChI is InChI=1S/C12H21N3/c1-10-9-12(14-15(10)2)13-11-7-5-3-4-6-8-11/h9,11H,3-8H2,1-2H3,(H,13,14). The fourth-order valence-electron chi connectivity index (χ4n) is 2.26. The van der Waals surface area contributed by atoms with Crippen LogP contribution in [0.4, 0.5) is 5.82 Å². The molecule has 1 saturated carbocycles. The van der Waals surface area contributed by atoms with E-state index in [0.717, 1.165) is 5.82 Å². The smallest absolute Gasteiger partial charge is 0.148 e. The van der Waals surface area contributed by atoms with Crippen LogP contribution in [0.15, 0.2) is 6.07 Å². The van der Waals surface area contributed by atoms with E-state index in [2.05, 4.69) is 23.4 Å². The van der Waals surface area contributed by atoms with E-state index in [9.17, 15) is 0 Å². The maximum atomic E-state index is 4.44. The molecule has 3 nitrogen and oxygen atoms in total. The molecule has 0 spiro atoms. The van der Waals surface area contributed by atoms with Crippen molar-refractivity contribution in [3.63, 3.8) is 0 Å². The minimum atomic E-state index is 0.641. The second kappa shape index (κ2) is 4.69. The molecule has 1 aromatic heterocycles. The highest BCUT2D eigenvalue weighted by Gasteiger charge is 2.13. The molecule has 1 N–H and O–H groups in total. The van der Waals surface area contributed by atoms with Crippen molar-refractivity contribution < 1.29 is 0 Å². The molecule has 0 aromatic carbocycles.